The first-order valence-corrected chi connectivity index (χ1v) is 7.58. The van der Waals surface area contributed by atoms with E-state index in [2.05, 4.69) is 0 Å². The summed E-state index contributed by atoms with van der Waals surface area (Å²) in [6.45, 7) is 3.66. The number of hydrogen-bond donors (Lipinski definition) is 1. The van der Waals surface area contributed by atoms with E-state index in [1.54, 1.807) is 21.1 Å². The Morgan fingerprint density at radius 1 is 1.31 bits per heavy atom. The van der Waals surface area contributed by atoms with Crippen LogP contribution in [0.2, 0.25) is 6.55 Å². The molecule has 0 aliphatic rings. The van der Waals surface area contributed by atoms with Crippen LogP contribution in [0.5, 0.6) is 0 Å². The Labute approximate surface area is 81.6 Å². The van der Waals surface area contributed by atoms with Crippen molar-refractivity contribution in [3.63, 3.8) is 0 Å². The Balaban J connectivity index is 0. The predicted molar refractivity (Wildman–Crippen MR) is 53.7 cm³/mol. The van der Waals surface area contributed by atoms with Crippen LogP contribution in [0.25, 0.3) is 0 Å². The van der Waals surface area contributed by atoms with E-state index >= 15 is 0 Å². The fourth-order valence-corrected chi connectivity index (χ4v) is 1.06. The van der Waals surface area contributed by atoms with Gasteiger partial charge in [-0.25, -0.2) is 0 Å². The Kier molecular flexibility index (Phi) is 10.3. The van der Waals surface area contributed by atoms with Gasteiger partial charge in [-0.05, 0) is 13.0 Å². The molecule has 0 aliphatic heterocycles. The van der Waals surface area contributed by atoms with Crippen molar-refractivity contribution in [2.24, 2.45) is 0 Å². The molecule has 0 aromatic heterocycles. The van der Waals surface area contributed by atoms with Crippen molar-refractivity contribution in [2.45, 2.75) is 19.9 Å². The summed E-state index contributed by atoms with van der Waals surface area (Å²) in [5.74, 6) is -0.132. The maximum absolute atomic E-state index is 9.79. The fourth-order valence-electron chi connectivity index (χ4n) is 0.354. The summed E-state index contributed by atoms with van der Waals surface area (Å²) >= 11 is 0. The first kappa shape index (κ1) is 15.5. The van der Waals surface area contributed by atoms with Crippen molar-refractivity contribution in [2.75, 3.05) is 20.0 Å². The van der Waals surface area contributed by atoms with E-state index in [0.29, 0.717) is 6.42 Å². The Hall–Kier alpha value is 0.0469. The molecule has 13 heavy (non-hydrogen) atoms. The van der Waals surface area contributed by atoms with Gasteiger partial charge in [0.1, 0.15) is 0 Å². The van der Waals surface area contributed by atoms with Gasteiger partial charge in [0.2, 0.25) is 0 Å². The molecule has 0 saturated heterocycles. The smallest absolute Gasteiger partial charge is 0.317 e. The maximum atomic E-state index is 9.79. The largest absolute Gasteiger partial charge is 0.400 e. The molecule has 0 radical (unpaired) electrons. The molecule has 0 aliphatic carbocycles. The average Bonchev–Trinajstić information content (AvgIpc) is 2.02. The van der Waals surface area contributed by atoms with Gasteiger partial charge in [-0.2, -0.15) is 8.42 Å². The third-order valence-electron chi connectivity index (χ3n) is 1.13. The first-order valence-electron chi connectivity index (χ1n) is 3.88. The number of hydrogen-bond acceptors (Lipinski definition) is 4. The van der Waals surface area contributed by atoms with Crippen LogP contribution >= 0.6 is 0 Å². The predicted octanol–water partition coefficient (Wildman–Crippen LogP) is 0.414. The SMILES string of the molecule is CCCS(=O)(=O)O.CO[SiH](C)OC. The van der Waals surface area contributed by atoms with Crippen molar-refractivity contribution >= 4 is 19.4 Å². The van der Waals surface area contributed by atoms with Crippen LogP contribution < -0.4 is 0 Å². The fraction of sp³-hybridized carbons (Fsp3) is 1.00. The molecule has 1 N–H and O–H groups in total. The lowest BCUT2D eigenvalue weighted by Crippen LogP contribution is -2.12. The molecule has 82 valence electrons. The lowest BCUT2D eigenvalue weighted by atomic mass is 10.6. The molecule has 0 amide bonds. The normalized spacial score (nSPS) is 10.9. The molecule has 0 unspecified atom stereocenters. The maximum Gasteiger partial charge on any atom is 0.317 e. The zero-order valence-corrected chi connectivity index (χ0v) is 10.5. The van der Waals surface area contributed by atoms with Crippen LogP contribution in [0, 0.1) is 0 Å². The zero-order chi connectivity index (χ0) is 10.9. The van der Waals surface area contributed by atoms with Gasteiger partial charge in [0.25, 0.3) is 10.1 Å². The van der Waals surface area contributed by atoms with Crippen LogP contribution in [-0.4, -0.2) is 42.2 Å². The highest BCUT2D eigenvalue weighted by Gasteiger charge is 1.98. The van der Waals surface area contributed by atoms with Crippen LogP contribution in [0.3, 0.4) is 0 Å². The van der Waals surface area contributed by atoms with Crippen LogP contribution in [0.15, 0.2) is 0 Å². The highest BCUT2D eigenvalue weighted by atomic mass is 32.2. The van der Waals surface area contributed by atoms with E-state index in [1.807, 2.05) is 6.55 Å². The van der Waals surface area contributed by atoms with Gasteiger partial charge >= 0.3 is 9.28 Å². The van der Waals surface area contributed by atoms with Gasteiger partial charge in [0.15, 0.2) is 0 Å². The van der Waals surface area contributed by atoms with Crippen molar-refractivity contribution in [1.29, 1.82) is 0 Å². The van der Waals surface area contributed by atoms with E-state index in [1.165, 1.54) is 0 Å². The average molecular weight is 230 g/mol. The molecule has 0 fully saturated rings. The van der Waals surface area contributed by atoms with Gasteiger partial charge in [0, 0.05) is 14.2 Å². The lowest BCUT2D eigenvalue weighted by molar-refractivity contribution is 0.285. The monoisotopic (exact) mass is 230 g/mol. The summed E-state index contributed by atoms with van der Waals surface area (Å²) < 4.78 is 37.2. The van der Waals surface area contributed by atoms with E-state index in [9.17, 15) is 8.42 Å². The molecule has 0 atom stereocenters. The first-order chi connectivity index (χ1) is 5.87. The second-order valence-corrected chi connectivity index (χ2v) is 5.98. The second kappa shape index (κ2) is 8.64. The van der Waals surface area contributed by atoms with Crippen molar-refractivity contribution in [3.8, 4) is 0 Å². The highest BCUT2D eigenvalue weighted by Crippen LogP contribution is 1.83. The molecule has 0 aromatic carbocycles. The lowest BCUT2D eigenvalue weighted by Gasteiger charge is -2.00. The minimum Gasteiger partial charge on any atom is -0.400 e. The Morgan fingerprint density at radius 3 is 1.69 bits per heavy atom. The quantitative estimate of drug-likeness (QED) is 0.559. The van der Waals surface area contributed by atoms with Gasteiger partial charge in [-0.3, -0.25) is 4.55 Å². The molecular weight excluding hydrogens is 212 g/mol. The van der Waals surface area contributed by atoms with E-state index < -0.39 is 19.4 Å². The van der Waals surface area contributed by atoms with E-state index in [-0.39, 0.29) is 5.75 Å². The minimum atomic E-state index is -3.67. The molecule has 7 heteroatoms. The molecule has 0 spiro atoms. The third-order valence-corrected chi connectivity index (χ3v) is 3.38. The molecule has 5 nitrogen and oxygen atoms in total. The van der Waals surface area contributed by atoms with Gasteiger partial charge in [-0.15, -0.1) is 0 Å². The topological polar surface area (TPSA) is 72.8 Å². The van der Waals surface area contributed by atoms with Gasteiger partial charge in [-0.1, -0.05) is 6.92 Å². The zero-order valence-electron chi connectivity index (χ0n) is 8.48. The number of rotatable bonds is 4. The van der Waals surface area contributed by atoms with Gasteiger partial charge in [0.05, 0.1) is 5.75 Å². The Bertz CT molecular complexity index is 187. The minimum absolute atomic E-state index is 0.132. The Morgan fingerprint density at radius 2 is 1.69 bits per heavy atom. The van der Waals surface area contributed by atoms with E-state index in [4.69, 9.17) is 13.4 Å². The van der Waals surface area contributed by atoms with Crippen LogP contribution in [0.4, 0.5) is 0 Å². The van der Waals surface area contributed by atoms with Crippen molar-refractivity contribution < 1.29 is 21.8 Å². The molecule has 0 saturated carbocycles. The molecule has 0 bridgehead atoms. The summed E-state index contributed by atoms with van der Waals surface area (Å²) in [6, 6.07) is 0. The summed E-state index contributed by atoms with van der Waals surface area (Å²) in [5, 5.41) is 0. The van der Waals surface area contributed by atoms with Crippen molar-refractivity contribution in [1.82, 2.24) is 0 Å². The van der Waals surface area contributed by atoms with E-state index in [0.717, 1.165) is 0 Å². The summed E-state index contributed by atoms with van der Waals surface area (Å²) in [5.41, 5.74) is 0. The molecular formula is C6H18O5SSi. The third kappa shape index (κ3) is 18.8. The molecule has 0 heterocycles. The summed E-state index contributed by atoms with van der Waals surface area (Å²) in [6.07, 6.45) is 0.471. The summed E-state index contributed by atoms with van der Waals surface area (Å²) in [4.78, 5) is 0. The van der Waals surface area contributed by atoms with Crippen LogP contribution in [-0.2, 0) is 19.0 Å². The van der Waals surface area contributed by atoms with Crippen LogP contribution in [0.1, 0.15) is 13.3 Å². The molecule has 0 rings (SSSR count). The second-order valence-electron chi connectivity index (χ2n) is 2.33. The summed E-state index contributed by atoms with van der Waals surface area (Å²) in [7, 11) is -1.50. The standard InChI is InChI=1S/C3H8O3S.C3H10O2Si/c1-2-3-7(4,5)6;1-4-6(3)5-2/h2-3H2,1H3,(H,4,5,6);6H,1-3H3. The molecule has 0 aromatic rings. The van der Waals surface area contributed by atoms with Gasteiger partial charge < -0.3 is 8.85 Å². The highest BCUT2D eigenvalue weighted by molar-refractivity contribution is 7.85. The van der Waals surface area contributed by atoms with Crippen molar-refractivity contribution in [3.05, 3.63) is 0 Å².